The quantitative estimate of drug-likeness (QED) is 0.526. The number of nitrogens with one attached hydrogen (secondary N) is 2. The molecule has 166 valence electrons. The van der Waals surface area contributed by atoms with Gasteiger partial charge in [0.05, 0.1) is 6.61 Å². The first kappa shape index (κ1) is 21.3. The predicted octanol–water partition coefficient (Wildman–Crippen LogP) is 3.27. The SMILES string of the molecule is CCOc1cc2c(cc1CNC(=NC)NCc1ccnc(N3CCCC3)c1)OC(C)C2. The number of aromatic nitrogens is 1. The Morgan fingerprint density at radius 1 is 1.23 bits per heavy atom. The zero-order valence-electron chi connectivity index (χ0n) is 18.8. The van der Waals surface area contributed by atoms with Crippen LogP contribution in [0.5, 0.6) is 11.5 Å². The maximum atomic E-state index is 5.93. The summed E-state index contributed by atoms with van der Waals surface area (Å²) in [7, 11) is 1.79. The summed E-state index contributed by atoms with van der Waals surface area (Å²) >= 11 is 0. The van der Waals surface area contributed by atoms with Gasteiger partial charge in [-0.1, -0.05) is 0 Å². The van der Waals surface area contributed by atoms with Gasteiger partial charge in [-0.15, -0.1) is 0 Å². The van der Waals surface area contributed by atoms with Crippen LogP contribution < -0.4 is 25.0 Å². The summed E-state index contributed by atoms with van der Waals surface area (Å²) in [6.07, 6.45) is 5.53. The van der Waals surface area contributed by atoms with Crippen molar-refractivity contribution in [1.29, 1.82) is 0 Å². The van der Waals surface area contributed by atoms with Crippen LogP contribution in [-0.4, -0.2) is 43.8 Å². The molecule has 2 aliphatic heterocycles. The third-order valence-electron chi connectivity index (χ3n) is 5.75. The highest BCUT2D eigenvalue weighted by atomic mass is 16.5. The number of guanidine groups is 1. The van der Waals surface area contributed by atoms with Gasteiger partial charge < -0.3 is 25.0 Å². The van der Waals surface area contributed by atoms with Gasteiger partial charge in [-0.2, -0.15) is 0 Å². The summed E-state index contributed by atoms with van der Waals surface area (Å²) < 4.78 is 11.8. The molecular weight excluding hydrogens is 390 g/mol. The lowest BCUT2D eigenvalue weighted by Crippen LogP contribution is -2.36. The van der Waals surface area contributed by atoms with Gasteiger partial charge in [0.15, 0.2) is 5.96 Å². The summed E-state index contributed by atoms with van der Waals surface area (Å²) in [4.78, 5) is 11.3. The molecule has 3 heterocycles. The molecule has 2 aliphatic rings. The number of ether oxygens (including phenoxy) is 2. The zero-order valence-corrected chi connectivity index (χ0v) is 18.8. The van der Waals surface area contributed by atoms with Gasteiger partial charge in [0, 0.05) is 57.0 Å². The first-order valence-corrected chi connectivity index (χ1v) is 11.3. The van der Waals surface area contributed by atoms with Crippen LogP contribution in [0.1, 0.15) is 43.4 Å². The second-order valence-electron chi connectivity index (χ2n) is 8.13. The molecule has 1 atom stereocenters. The van der Waals surface area contributed by atoms with Gasteiger partial charge in [-0.3, -0.25) is 4.99 Å². The van der Waals surface area contributed by atoms with E-state index < -0.39 is 0 Å². The number of hydrogen-bond donors (Lipinski definition) is 2. The molecule has 1 fully saturated rings. The van der Waals surface area contributed by atoms with E-state index >= 15 is 0 Å². The van der Waals surface area contributed by atoms with Crippen molar-refractivity contribution >= 4 is 11.8 Å². The summed E-state index contributed by atoms with van der Waals surface area (Å²) in [5, 5.41) is 6.81. The lowest BCUT2D eigenvalue weighted by Gasteiger charge is -2.18. The molecule has 1 unspecified atom stereocenters. The Hall–Kier alpha value is -2.96. The van der Waals surface area contributed by atoms with Crippen molar-refractivity contribution in [2.24, 2.45) is 4.99 Å². The Morgan fingerprint density at radius 3 is 2.81 bits per heavy atom. The average Bonchev–Trinajstić information content (AvgIpc) is 3.43. The fourth-order valence-electron chi connectivity index (χ4n) is 4.18. The summed E-state index contributed by atoms with van der Waals surface area (Å²) in [5.41, 5.74) is 3.47. The lowest BCUT2D eigenvalue weighted by molar-refractivity contribution is 0.254. The molecular formula is C24H33N5O2. The minimum atomic E-state index is 0.216. The number of aliphatic imine (C=N–C) groups is 1. The van der Waals surface area contributed by atoms with Crippen LogP contribution in [-0.2, 0) is 19.5 Å². The van der Waals surface area contributed by atoms with E-state index in [-0.39, 0.29) is 6.10 Å². The van der Waals surface area contributed by atoms with Gasteiger partial charge in [0.1, 0.15) is 23.4 Å². The first-order chi connectivity index (χ1) is 15.2. The van der Waals surface area contributed by atoms with Crippen LogP contribution >= 0.6 is 0 Å². The summed E-state index contributed by atoms with van der Waals surface area (Å²) in [5.74, 6) is 3.68. The lowest BCUT2D eigenvalue weighted by atomic mass is 10.1. The number of hydrogen-bond acceptors (Lipinski definition) is 5. The second kappa shape index (κ2) is 9.90. The molecule has 1 aromatic heterocycles. The van der Waals surface area contributed by atoms with Crippen LogP contribution in [0, 0.1) is 0 Å². The Labute approximate surface area is 184 Å². The van der Waals surface area contributed by atoms with Gasteiger partial charge in [-0.05, 0) is 56.5 Å². The van der Waals surface area contributed by atoms with Crippen molar-refractivity contribution in [1.82, 2.24) is 15.6 Å². The zero-order chi connectivity index (χ0) is 21.6. The predicted molar refractivity (Wildman–Crippen MR) is 124 cm³/mol. The van der Waals surface area contributed by atoms with E-state index in [1.165, 1.54) is 24.0 Å². The molecule has 1 aromatic carbocycles. The highest BCUT2D eigenvalue weighted by molar-refractivity contribution is 5.79. The van der Waals surface area contributed by atoms with Crippen LogP contribution in [0.2, 0.25) is 0 Å². The molecule has 4 rings (SSSR count). The number of pyridine rings is 1. The molecule has 2 N–H and O–H groups in total. The number of rotatable bonds is 7. The van der Waals surface area contributed by atoms with Crippen LogP contribution in [0.15, 0.2) is 35.5 Å². The summed E-state index contributed by atoms with van der Waals surface area (Å²) in [6, 6.07) is 8.42. The normalized spacial score (nSPS) is 18.0. The number of benzene rings is 1. The Kier molecular flexibility index (Phi) is 6.79. The smallest absolute Gasteiger partial charge is 0.191 e. The van der Waals surface area contributed by atoms with Crippen LogP contribution in [0.3, 0.4) is 0 Å². The highest BCUT2D eigenvalue weighted by Gasteiger charge is 2.22. The number of nitrogens with zero attached hydrogens (tertiary/aromatic N) is 3. The van der Waals surface area contributed by atoms with Gasteiger partial charge in [-0.25, -0.2) is 4.98 Å². The maximum Gasteiger partial charge on any atom is 0.191 e. The van der Waals surface area contributed by atoms with E-state index in [0.717, 1.165) is 48.4 Å². The third-order valence-corrected chi connectivity index (χ3v) is 5.75. The Morgan fingerprint density at radius 2 is 2.03 bits per heavy atom. The van der Waals surface area contributed by atoms with E-state index in [1.54, 1.807) is 7.05 Å². The van der Waals surface area contributed by atoms with E-state index in [9.17, 15) is 0 Å². The molecule has 0 bridgehead atoms. The summed E-state index contributed by atoms with van der Waals surface area (Å²) in [6.45, 7) is 8.22. The molecule has 1 saturated heterocycles. The minimum Gasteiger partial charge on any atom is -0.494 e. The largest absolute Gasteiger partial charge is 0.494 e. The first-order valence-electron chi connectivity index (χ1n) is 11.3. The van der Waals surface area contributed by atoms with Crippen molar-refractivity contribution in [3.05, 3.63) is 47.2 Å². The number of anilines is 1. The van der Waals surface area contributed by atoms with Crippen LogP contribution in [0.4, 0.5) is 5.82 Å². The van der Waals surface area contributed by atoms with Crippen molar-refractivity contribution in [2.75, 3.05) is 31.6 Å². The third kappa shape index (κ3) is 5.21. The van der Waals surface area contributed by atoms with Crippen molar-refractivity contribution in [3.8, 4) is 11.5 Å². The molecule has 0 aliphatic carbocycles. The minimum absolute atomic E-state index is 0.216. The Balaban J connectivity index is 1.37. The molecule has 7 heteroatoms. The van der Waals surface area contributed by atoms with Crippen molar-refractivity contribution in [2.45, 2.75) is 52.3 Å². The standard InChI is InChI=1S/C24H33N5O2/c1-4-30-21-13-19-11-17(2)31-22(19)14-20(21)16-28-24(25-3)27-15-18-7-8-26-23(12-18)29-9-5-6-10-29/h7-8,12-14,17H,4-6,9-11,15-16H2,1-3H3,(H2,25,27,28). The average molecular weight is 424 g/mol. The van der Waals surface area contributed by atoms with Crippen molar-refractivity contribution < 1.29 is 9.47 Å². The number of fused-ring (bicyclic) bond motifs is 1. The second-order valence-corrected chi connectivity index (χ2v) is 8.13. The Bertz CT molecular complexity index is 924. The topological polar surface area (TPSA) is 71.0 Å². The fourth-order valence-corrected chi connectivity index (χ4v) is 4.18. The molecule has 7 nitrogen and oxygen atoms in total. The molecule has 0 amide bonds. The molecule has 0 spiro atoms. The van der Waals surface area contributed by atoms with Crippen LogP contribution in [0.25, 0.3) is 0 Å². The highest BCUT2D eigenvalue weighted by Crippen LogP contribution is 2.35. The van der Waals surface area contributed by atoms with Gasteiger partial charge >= 0.3 is 0 Å². The fraction of sp³-hybridized carbons (Fsp3) is 0.500. The maximum absolute atomic E-state index is 5.93. The van der Waals surface area contributed by atoms with E-state index in [1.807, 2.05) is 19.2 Å². The molecule has 31 heavy (non-hydrogen) atoms. The molecule has 0 radical (unpaired) electrons. The molecule has 0 saturated carbocycles. The van der Waals surface area contributed by atoms with Crippen molar-refractivity contribution in [3.63, 3.8) is 0 Å². The van der Waals surface area contributed by atoms with E-state index in [0.29, 0.717) is 19.7 Å². The van der Waals surface area contributed by atoms with Gasteiger partial charge in [0.25, 0.3) is 0 Å². The van der Waals surface area contributed by atoms with E-state index in [4.69, 9.17) is 9.47 Å². The van der Waals surface area contributed by atoms with Gasteiger partial charge in [0.2, 0.25) is 0 Å². The monoisotopic (exact) mass is 423 g/mol. The molecule has 2 aromatic rings. The van der Waals surface area contributed by atoms with E-state index in [2.05, 4.69) is 50.6 Å².